The molecule has 0 saturated carbocycles. The Kier molecular flexibility index (Phi) is 5.09. The average Bonchev–Trinajstić information content (AvgIpc) is 2.48. The number of nitrogens with two attached hydrogens (primary N) is 1. The van der Waals surface area contributed by atoms with Crippen LogP contribution in [0.25, 0.3) is 0 Å². The lowest BCUT2D eigenvalue weighted by molar-refractivity contribution is 0.301. The highest BCUT2D eigenvalue weighted by atomic mass is 16.3. The molecule has 0 saturated heterocycles. The van der Waals surface area contributed by atoms with Crippen LogP contribution in [-0.2, 0) is 13.1 Å². The van der Waals surface area contributed by atoms with Gasteiger partial charge in [-0.3, -0.25) is 0 Å². The van der Waals surface area contributed by atoms with Crippen molar-refractivity contribution >= 4 is 5.82 Å². The zero-order valence-corrected chi connectivity index (χ0v) is 11.8. The smallest absolute Gasteiger partial charge is 0.133 e. The van der Waals surface area contributed by atoms with Crippen LogP contribution in [-0.4, -0.2) is 23.2 Å². The lowest BCUT2D eigenvalue weighted by Gasteiger charge is -2.25. The second-order valence-corrected chi connectivity index (χ2v) is 4.77. The van der Waals surface area contributed by atoms with E-state index in [4.69, 9.17) is 5.73 Å². The molecule has 0 bridgehead atoms. The number of aliphatic hydroxyl groups is 1. The van der Waals surface area contributed by atoms with Gasteiger partial charge >= 0.3 is 0 Å². The average molecular weight is 271 g/mol. The summed E-state index contributed by atoms with van der Waals surface area (Å²) in [6, 6.07) is 14.1. The van der Waals surface area contributed by atoms with E-state index in [2.05, 4.69) is 22.0 Å². The fraction of sp³-hybridized carbons (Fsp3) is 0.312. The molecule has 106 valence electrons. The Bertz CT molecular complexity index is 543. The van der Waals surface area contributed by atoms with E-state index in [0.717, 1.165) is 17.1 Å². The summed E-state index contributed by atoms with van der Waals surface area (Å²) in [5, 5.41) is 9.31. The molecule has 0 spiro atoms. The minimum absolute atomic E-state index is 0.0897. The van der Waals surface area contributed by atoms with Crippen LogP contribution in [0.1, 0.15) is 16.8 Å². The van der Waals surface area contributed by atoms with Crippen molar-refractivity contribution in [3.05, 3.63) is 59.3 Å². The predicted octanol–water partition coefficient (Wildman–Crippen LogP) is 1.85. The summed E-state index contributed by atoms with van der Waals surface area (Å²) in [5.74, 6) is 0.866. The Morgan fingerprint density at radius 3 is 2.55 bits per heavy atom. The summed E-state index contributed by atoms with van der Waals surface area (Å²) < 4.78 is 0. The zero-order chi connectivity index (χ0) is 14.4. The molecule has 0 aliphatic carbocycles. The Morgan fingerprint density at radius 1 is 1.15 bits per heavy atom. The Morgan fingerprint density at radius 2 is 1.90 bits per heavy atom. The number of benzene rings is 1. The van der Waals surface area contributed by atoms with Crippen molar-refractivity contribution < 1.29 is 5.11 Å². The number of nitrogens with zero attached hydrogens (tertiary/aromatic N) is 2. The molecular formula is C16H21N3O. The molecule has 0 amide bonds. The molecule has 0 aliphatic heterocycles. The predicted molar refractivity (Wildman–Crippen MR) is 81.4 cm³/mol. The van der Waals surface area contributed by atoms with E-state index < -0.39 is 0 Å². The van der Waals surface area contributed by atoms with Gasteiger partial charge in [-0.15, -0.1) is 0 Å². The van der Waals surface area contributed by atoms with Gasteiger partial charge in [-0.1, -0.05) is 36.4 Å². The minimum Gasteiger partial charge on any atom is -0.395 e. The number of hydrogen-bond acceptors (Lipinski definition) is 4. The molecule has 0 fully saturated rings. The van der Waals surface area contributed by atoms with Crippen molar-refractivity contribution in [1.82, 2.24) is 4.98 Å². The fourth-order valence-electron chi connectivity index (χ4n) is 2.19. The second kappa shape index (κ2) is 7.03. The maximum Gasteiger partial charge on any atom is 0.133 e. The van der Waals surface area contributed by atoms with Gasteiger partial charge in [0.25, 0.3) is 0 Å². The first-order chi connectivity index (χ1) is 9.74. The molecule has 1 heterocycles. The van der Waals surface area contributed by atoms with Crippen LogP contribution in [0, 0.1) is 6.92 Å². The third kappa shape index (κ3) is 3.56. The maximum absolute atomic E-state index is 9.31. The summed E-state index contributed by atoms with van der Waals surface area (Å²) in [7, 11) is 0. The summed E-state index contributed by atoms with van der Waals surface area (Å²) in [6.45, 7) is 3.75. The molecule has 0 radical (unpaired) electrons. The van der Waals surface area contributed by atoms with E-state index in [0.29, 0.717) is 19.6 Å². The lowest BCUT2D eigenvalue weighted by Crippen LogP contribution is -2.28. The van der Waals surface area contributed by atoms with Gasteiger partial charge in [0.2, 0.25) is 0 Å². The van der Waals surface area contributed by atoms with Crippen LogP contribution in [0.3, 0.4) is 0 Å². The Hall–Kier alpha value is -1.91. The molecule has 4 heteroatoms. The largest absolute Gasteiger partial charge is 0.395 e. The SMILES string of the molecule is Cc1ccc(CN)c(N(CCO)Cc2ccccc2)n1. The van der Waals surface area contributed by atoms with Crippen LogP contribution < -0.4 is 10.6 Å². The van der Waals surface area contributed by atoms with Crippen molar-refractivity contribution in [2.24, 2.45) is 5.73 Å². The molecule has 2 aromatic rings. The third-order valence-electron chi connectivity index (χ3n) is 3.20. The first-order valence-electron chi connectivity index (χ1n) is 6.81. The molecular weight excluding hydrogens is 250 g/mol. The summed E-state index contributed by atoms with van der Waals surface area (Å²) >= 11 is 0. The van der Waals surface area contributed by atoms with Gasteiger partial charge in [0.1, 0.15) is 5.82 Å². The summed E-state index contributed by atoms with van der Waals surface area (Å²) in [5.41, 5.74) is 8.94. The number of anilines is 1. The lowest BCUT2D eigenvalue weighted by atomic mass is 10.1. The second-order valence-electron chi connectivity index (χ2n) is 4.77. The monoisotopic (exact) mass is 271 g/mol. The number of rotatable bonds is 6. The quantitative estimate of drug-likeness (QED) is 0.841. The van der Waals surface area contributed by atoms with Crippen molar-refractivity contribution in [3.63, 3.8) is 0 Å². The van der Waals surface area contributed by atoms with Crippen molar-refractivity contribution in [2.45, 2.75) is 20.0 Å². The van der Waals surface area contributed by atoms with E-state index in [1.807, 2.05) is 37.3 Å². The highest BCUT2D eigenvalue weighted by Gasteiger charge is 2.12. The highest BCUT2D eigenvalue weighted by molar-refractivity contribution is 5.48. The maximum atomic E-state index is 9.31. The highest BCUT2D eigenvalue weighted by Crippen LogP contribution is 2.20. The zero-order valence-electron chi connectivity index (χ0n) is 11.8. The van der Waals surface area contributed by atoms with E-state index in [9.17, 15) is 5.11 Å². The van der Waals surface area contributed by atoms with Crippen LogP contribution >= 0.6 is 0 Å². The van der Waals surface area contributed by atoms with Crippen molar-refractivity contribution in [3.8, 4) is 0 Å². The van der Waals surface area contributed by atoms with E-state index in [1.165, 1.54) is 5.56 Å². The van der Waals surface area contributed by atoms with Crippen LogP contribution in [0.5, 0.6) is 0 Å². The number of aryl methyl sites for hydroxylation is 1. The first-order valence-corrected chi connectivity index (χ1v) is 6.81. The third-order valence-corrected chi connectivity index (χ3v) is 3.20. The van der Waals surface area contributed by atoms with E-state index in [-0.39, 0.29) is 6.61 Å². The molecule has 20 heavy (non-hydrogen) atoms. The van der Waals surface area contributed by atoms with Gasteiger partial charge in [0.05, 0.1) is 6.61 Å². The van der Waals surface area contributed by atoms with Crippen molar-refractivity contribution in [2.75, 3.05) is 18.1 Å². The topological polar surface area (TPSA) is 62.4 Å². The van der Waals surface area contributed by atoms with Crippen molar-refractivity contribution in [1.29, 1.82) is 0 Å². The number of aromatic nitrogens is 1. The molecule has 2 rings (SSSR count). The summed E-state index contributed by atoms with van der Waals surface area (Å²) in [4.78, 5) is 6.67. The van der Waals surface area contributed by atoms with Gasteiger partial charge < -0.3 is 15.7 Å². The van der Waals surface area contributed by atoms with Crippen LogP contribution in [0.2, 0.25) is 0 Å². The molecule has 3 N–H and O–H groups in total. The molecule has 0 aliphatic rings. The standard InChI is InChI=1S/C16H21N3O/c1-13-7-8-15(11-17)16(18-13)19(9-10-20)12-14-5-3-2-4-6-14/h2-8,20H,9-12,17H2,1H3. The van der Waals surface area contributed by atoms with Gasteiger partial charge in [-0.05, 0) is 18.6 Å². The molecule has 0 unspecified atom stereocenters. The molecule has 1 aromatic carbocycles. The van der Waals surface area contributed by atoms with Gasteiger partial charge in [0.15, 0.2) is 0 Å². The van der Waals surface area contributed by atoms with Gasteiger partial charge in [-0.2, -0.15) is 0 Å². The van der Waals surface area contributed by atoms with Crippen LogP contribution in [0.15, 0.2) is 42.5 Å². The fourth-order valence-corrected chi connectivity index (χ4v) is 2.19. The van der Waals surface area contributed by atoms with Gasteiger partial charge in [-0.25, -0.2) is 4.98 Å². The Labute approximate surface area is 119 Å². The Balaban J connectivity index is 2.30. The number of aliphatic hydroxyl groups excluding tert-OH is 1. The van der Waals surface area contributed by atoms with Crippen LogP contribution in [0.4, 0.5) is 5.82 Å². The summed E-state index contributed by atoms with van der Waals surface area (Å²) in [6.07, 6.45) is 0. The molecule has 0 atom stereocenters. The number of pyridine rings is 1. The van der Waals surface area contributed by atoms with E-state index >= 15 is 0 Å². The molecule has 1 aromatic heterocycles. The molecule has 4 nitrogen and oxygen atoms in total. The minimum atomic E-state index is 0.0897. The normalized spacial score (nSPS) is 10.6. The first kappa shape index (κ1) is 14.5. The van der Waals surface area contributed by atoms with E-state index in [1.54, 1.807) is 0 Å². The van der Waals surface area contributed by atoms with Gasteiger partial charge in [0, 0.05) is 30.9 Å². The number of hydrogen-bond donors (Lipinski definition) is 2.